The lowest BCUT2D eigenvalue weighted by atomic mass is 10.2. The normalized spacial score (nSPS) is 14.1. The number of fused-ring (bicyclic) bond motifs is 1. The molecule has 9 heteroatoms. The highest BCUT2D eigenvalue weighted by molar-refractivity contribution is 7.99. The number of nitrogens with one attached hydrogen (secondary N) is 1. The van der Waals surface area contributed by atoms with Crippen LogP contribution in [0, 0.1) is 0 Å². The largest absolute Gasteiger partial charge is 0.332 e. The molecule has 2 aromatic heterocycles. The van der Waals surface area contributed by atoms with Crippen LogP contribution in [0.5, 0.6) is 0 Å². The first-order valence-electron chi connectivity index (χ1n) is 8.72. The molecule has 2 aromatic rings. The summed E-state index contributed by atoms with van der Waals surface area (Å²) >= 11 is 1.65. The summed E-state index contributed by atoms with van der Waals surface area (Å²) in [7, 11) is 3.45. The van der Waals surface area contributed by atoms with Gasteiger partial charge in [0.2, 0.25) is 0 Å². The minimum Gasteiger partial charge on any atom is -0.332 e. The second-order valence-corrected chi connectivity index (χ2v) is 7.65. The predicted molar refractivity (Wildman–Crippen MR) is 101 cm³/mol. The van der Waals surface area contributed by atoms with Gasteiger partial charge in [0.05, 0.1) is 24.5 Å². The molecule has 3 rings (SSSR count). The second-order valence-electron chi connectivity index (χ2n) is 6.42. The first-order chi connectivity index (χ1) is 12.5. The van der Waals surface area contributed by atoms with Gasteiger partial charge in [0.15, 0.2) is 5.16 Å². The fourth-order valence-electron chi connectivity index (χ4n) is 2.81. The maximum absolute atomic E-state index is 11.6. The topological polar surface area (TPSA) is 79.2 Å². The summed E-state index contributed by atoms with van der Waals surface area (Å²) in [5.74, 6) is 0.979. The first kappa shape index (κ1) is 18.7. The number of rotatable bonds is 6. The van der Waals surface area contributed by atoms with Crippen molar-refractivity contribution in [3.05, 3.63) is 35.4 Å². The molecule has 0 saturated carbocycles. The number of nitrogens with zero attached hydrogens (tertiary/aromatic N) is 6. The summed E-state index contributed by atoms with van der Waals surface area (Å²) in [5.41, 5.74) is 3.18. The molecule has 0 saturated heterocycles. The van der Waals surface area contributed by atoms with Crippen LogP contribution in [0.4, 0.5) is 4.79 Å². The smallest absolute Gasteiger partial charge is 0.317 e. The highest BCUT2D eigenvalue weighted by atomic mass is 32.2. The van der Waals surface area contributed by atoms with Crippen molar-refractivity contribution in [2.75, 3.05) is 26.4 Å². The summed E-state index contributed by atoms with van der Waals surface area (Å²) in [6.45, 7) is 5.99. The molecule has 1 N–H and O–H groups in total. The van der Waals surface area contributed by atoms with E-state index in [1.165, 1.54) is 10.6 Å². The van der Waals surface area contributed by atoms with Gasteiger partial charge in [-0.25, -0.2) is 14.8 Å². The number of thioether (sulfide) groups is 1. The van der Waals surface area contributed by atoms with Gasteiger partial charge in [-0.05, 0) is 11.8 Å². The van der Waals surface area contributed by atoms with E-state index >= 15 is 0 Å². The van der Waals surface area contributed by atoms with Crippen molar-refractivity contribution in [3.63, 3.8) is 0 Å². The lowest BCUT2D eigenvalue weighted by molar-refractivity contribution is 0.204. The van der Waals surface area contributed by atoms with Crippen molar-refractivity contribution < 1.29 is 4.79 Å². The van der Waals surface area contributed by atoms with Crippen LogP contribution < -0.4 is 5.32 Å². The summed E-state index contributed by atoms with van der Waals surface area (Å²) in [6.07, 6.45) is 3.83. The Morgan fingerprint density at radius 3 is 2.77 bits per heavy atom. The van der Waals surface area contributed by atoms with E-state index in [1.807, 2.05) is 17.1 Å². The molecule has 0 spiro atoms. The quantitative estimate of drug-likeness (QED) is 0.610. The molecule has 2 amide bonds. The summed E-state index contributed by atoms with van der Waals surface area (Å²) in [6, 6.07) is 1.96. The van der Waals surface area contributed by atoms with Gasteiger partial charge in [-0.3, -0.25) is 9.58 Å². The monoisotopic (exact) mass is 375 g/mol. The Morgan fingerprint density at radius 2 is 2.08 bits per heavy atom. The molecule has 0 aromatic carbocycles. The fraction of sp³-hybridized carbons (Fsp3) is 0.529. The van der Waals surface area contributed by atoms with Gasteiger partial charge in [-0.1, -0.05) is 18.7 Å². The number of carbonyl (C=O) groups is 1. The van der Waals surface area contributed by atoms with Crippen molar-refractivity contribution in [1.29, 1.82) is 0 Å². The van der Waals surface area contributed by atoms with Crippen LogP contribution >= 0.6 is 11.8 Å². The second kappa shape index (κ2) is 8.50. The Bertz CT molecular complexity index is 744. The molecule has 1 aliphatic heterocycles. The van der Waals surface area contributed by atoms with Crippen LogP contribution in [0.3, 0.4) is 0 Å². The third-order valence-electron chi connectivity index (χ3n) is 4.12. The molecule has 3 heterocycles. The van der Waals surface area contributed by atoms with Gasteiger partial charge in [-0.2, -0.15) is 5.10 Å². The predicted octanol–water partition coefficient (Wildman–Crippen LogP) is 1.57. The first-order valence-corrected chi connectivity index (χ1v) is 9.70. The van der Waals surface area contributed by atoms with Gasteiger partial charge < -0.3 is 10.2 Å². The molecule has 26 heavy (non-hydrogen) atoms. The Hall–Kier alpha value is -2.13. The lowest BCUT2D eigenvalue weighted by Crippen LogP contribution is -2.34. The molecule has 140 valence electrons. The van der Waals surface area contributed by atoms with E-state index in [0.717, 1.165) is 48.3 Å². The molecule has 0 bridgehead atoms. The van der Waals surface area contributed by atoms with Crippen molar-refractivity contribution >= 4 is 17.8 Å². The summed E-state index contributed by atoms with van der Waals surface area (Å²) in [4.78, 5) is 24.3. The van der Waals surface area contributed by atoms with Crippen LogP contribution in [-0.4, -0.2) is 62.0 Å². The molecule has 8 nitrogen and oxygen atoms in total. The van der Waals surface area contributed by atoms with Crippen molar-refractivity contribution in [2.45, 2.75) is 38.3 Å². The van der Waals surface area contributed by atoms with Crippen LogP contribution in [0.1, 0.15) is 23.9 Å². The Labute approximate surface area is 158 Å². The molecule has 0 unspecified atom stereocenters. The van der Waals surface area contributed by atoms with Gasteiger partial charge in [0.25, 0.3) is 0 Å². The average Bonchev–Trinajstić information content (AvgIpc) is 3.03. The number of carbonyl (C=O) groups excluding carboxylic acids is 1. The standard InChI is InChI=1S/C17H25N7OS/c1-4-26-16-18-8-13(9-19-16)11-23-5-6-24-15(12-23)7-14(21-24)10-20-17(25)22(2)3/h7-9H,4-6,10-12H2,1-3H3,(H,20,25). The molecule has 1 aliphatic rings. The van der Waals surface area contributed by atoms with E-state index in [0.29, 0.717) is 6.54 Å². The zero-order valence-corrected chi connectivity index (χ0v) is 16.3. The average molecular weight is 376 g/mol. The van der Waals surface area contributed by atoms with E-state index in [-0.39, 0.29) is 6.03 Å². The van der Waals surface area contributed by atoms with Crippen LogP contribution in [0.25, 0.3) is 0 Å². The Balaban J connectivity index is 1.56. The molecule has 0 aliphatic carbocycles. The van der Waals surface area contributed by atoms with E-state index in [9.17, 15) is 4.79 Å². The lowest BCUT2D eigenvalue weighted by Gasteiger charge is -2.27. The SMILES string of the molecule is CCSc1ncc(CN2CCn3nc(CNC(=O)N(C)C)cc3C2)cn1. The van der Waals surface area contributed by atoms with Gasteiger partial charge in [0.1, 0.15) is 0 Å². The zero-order chi connectivity index (χ0) is 18.5. The number of amides is 2. The summed E-state index contributed by atoms with van der Waals surface area (Å²) in [5, 5.41) is 8.27. The molecular formula is C17H25N7OS. The number of urea groups is 1. The minimum atomic E-state index is -0.109. The minimum absolute atomic E-state index is 0.109. The van der Waals surface area contributed by atoms with Gasteiger partial charge >= 0.3 is 6.03 Å². The van der Waals surface area contributed by atoms with Crippen LogP contribution in [-0.2, 0) is 26.2 Å². The van der Waals surface area contributed by atoms with Crippen molar-refractivity contribution in [3.8, 4) is 0 Å². The molecule has 0 fully saturated rings. The van der Waals surface area contributed by atoms with Crippen LogP contribution in [0.15, 0.2) is 23.6 Å². The third kappa shape index (κ3) is 4.73. The van der Waals surface area contributed by atoms with E-state index in [4.69, 9.17) is 0 Å². The maximum atomic E-state index is 11.6. The zero-order valence-electron chi connectivity index (χ0n) is 15.5. The highest BCUT2D eigenvalue weighted by Crippen LogP contribution is 2.17. The summed E-state index contributed by atoms with van der Waals surface area (Å²) < 4.78 is 2.03. The van der Waals surface area contributed by atoms with E-state index in [2.05, 4.69) is 38.3 Å². The van der Waals surface area contributed by atoms with E-state index < -0.39 is 0 Å². The number of hydrogen-bond donors (Lipinski definition) is 1. The molecular weight excluding hydrogens is 350 g/mol. The fourth-order valence-corrected chi connectivity index (χ4v) is 3.32. The third-order valence-corrected chi connectivity index (χ3v) is 4.87. The van der Waals surface area contributed by atoms with Gasteiger partial charge in [0, 0.05) is 51.7 Å². The van der Waals surface area contributed by atoms with Gasteiger partial charge in [-0.15, -0.1) is 0 Å². The van der Waals surface area contributed by atoms with Crippen molar-refractivity contribution in [2.24, 2.45) is 0 Å². The molecule has 0 radical (unpaired) electrons. The number of hydrogen-bond acceptors (Lipinski definition) is 6. The van der Waals surface area contributed by atoms with E-state index in [1.54, 1.807) is 25.9 Å². The van der Waals surface area contributed by atoms with Crippen LogP contribution in [0.2, 0.25) is 0 Å². The highest BCUT2D eigenvalue weighted by Gasteiger charge is 2.19. The number of aromatic nitrogens is 4. The maximum Gasteiger partial charge on any atom is 0.317 e. The Kier molecular flexibility index (Phi) is 6.10. The molecule has 0 atom stereocenters. The Morgan fingerprint density at radius 1 is 1.31 bits per heavy atom. The van der Waals surface area contributed by atoms with Crippen molar-refractivity contribution in [1.82, 2.24) is 34.9 Å².